The second-order valence-corrected chi connectivity index (χ2v) is 14.0. The monoisotopic (exact) mass is 858 g/mol. The lowest BCUT2D eigenvalue weighted by Gasteiger charge is -2.18. The van der Waals surface area contributed by atoms with Gasteiger partial charge in [0.15, 0.2) is 34.3 Å². The molecule has 0 aromatic heterocycles. The Morgan fingerprint density at radius 1 is 0.565 bits per heavy atom. The van der Waals surface area contributed by atoms with Crippen molar-refractivity contribution in [3.05, 3.63) is 81.0 Å². The number of amides is 2. The summed E-state index contributed by atoms with van der Waals surface area (Å²) in [5, 5.41) is 5.73. The number of aryl methyl sites for hydroxylation is 1. The number of nitrogens with two attached hydrogens (primary N) is 1. The molecule has 0 atom stereocenters. The number of anilines is 3. The molecule has 0 bridgehead atoms. The van der Waals surface area contributed by atoms with Gasteiger partial charge in [-0.25, -0.2) is 4.98 Å². The molecule has 0 saturated heterocycles. The van der Waals surface area contributed by atoms with Gasteiger partial charge in [0.1, 0.15) is 37.6 Å². The molecule has 3 heterocycles. The Bertz CT molecular complexity index is 2370. The molecule has 0 radical (unpaired) electrons. The highest BCUT2D eigenvalue weighted by Gasteiger charge is 2.29. The summed E-state index contributed by atoms with van der Waals surface area (Å²) in [7, 11) is 0. The van der Waals surface area contributed by atoms with Crippen molar-refractivity contribution in [2.45, 2.75) is 13.8 Å². The molecule has 3 aromatic carbocycles. The number of ether oxygens (including phenoxy) is 10. The third kappa shape index (κ3) is 11.1. The van der Waals surface area contributed by atoms with Crippen molar-refractivity contribution in [1.29, 1.82) is 0 Å². The SMILES string of the molecule is Cc1c2oc3c(C)ccc(C(=O)Nc4ccc5c(c4)OCCOCCOCCOCCO5)c3nc-2c(C(=O)Nc2ccc3c(c2)OCCOCCOCCOCCO3)c(N)c1=O. The van der Waals surface area contributed by atoms with E-state index in [9.17, 15) is 14.4 Å². The van der Waals surface area contributed by atoms with Crippen LogP contribution in [0.15, 0.2) is 57.7 Å². The molecule has 4 aliphatic rings. The first-order valence-corrected chi connectivity index (χ1v) is 20.3. The number of hydrogen-bond acceptors (Lipinski definition) is 16. The Labute approximate surface area is 357 Å². The Balaban J connectivity index is 1.17. The van der Waals surface area contributed by atoms with E-state index in [0.29, 0.717) is 113 Å². The number of benzene rings is 4. The largest absolute Gasteiger partial charge is 0.487 e. The maximum absolute atomic E-state index is 14.2. The van der Waals surface area contributed by atoms with Gasteiger partial charge in [0.2, 0.25) is 5.43 Å². The molecule has 330 valence electrons. The predicted molar refractivity (Wildman–Crippen MR) is 226 cm³/mol. The first-order valence-electron chi connectivity index (χ1n) is 20.3. The van der Waals surface area contributed by atoms with Crippen molar-refractivity contribution in [2.24, 2.45) is 0 Å². The standard InChI is InChI=1S/C44H50N4O14/c1-27-3-6-31(43(50)46-29-4-7-32-34(25-29)60-23-19-56-15-11-52-9-13-54-17-21-58-32)38-41(27)62-42-28(2)40(49)37(45)36(39(42)48-38)44(51)47-30-5-8-33-35(26-30)61-24-20-57-16-12-53-10-14-55-18-22-59-33/h3-8,25-26H,9-24,45H2,1-2H3,(H,46,50)(H,47,51). The number of nitrogen functional groups attached to an aromatic ring is 1. The molecule has 18 nitrogen and oxygen atoms in total. The summed E-state index contributed by atoms with van der Waals surface area (Å²) in [6, 6.07) is 13.2. The summed E-state index contributed by atoms with van der Waals surface area (Å²) in [5.74, 6) is 0.393. The van der Waals surface area contributed by atoms with E-state index in [2.05, 4.69) is 10.6 Å². The lowest BCUT2D eigenvalue weighted by molar-refractivity contribution is 0.00708. The molecule has 0 fully saturated rings. The maximum atomic E-state index is 14.2. The quantitative estimate of drug-likeness (QED) is 0.166. The Hall–Kier alpha value is -6.02. The molecule has 3 aliphatic heterocycles. The Morgan fingerprint density at radius 3 is 1.48 bits per heavy atom. The van der Waals surface area contributed by atoms with E-state index in [4.69, 9.17) is 62.5 Å². The van der Waals surface area contributed by atoms with Crippen LogP contribution in [0.3, 0.4) is 0 Å². The number of nitrogens with zero attached hydrogens (tertiary/aromatic N) is 1. The molecule has 3 aromatic rings. The Morgan fingerprint density at radius 2 is 1.00 bits per heavy atom. The molecule has 1 aliphatic carbocycles. The summed E-state index contributed by atoms with van der Waals surface area (Å²) in [4.78, 5) is 46.6. The van der Waals surface area contributed by atoms with Gasteiger partial charge in [0.25, 0.3) is 11.8 Å². The number of carbonyl (C=O) groups excluding carboxylic acids is 2. The van der Waals surface area contributed by atoms with E-state index in [1.165, 1.54) is 6.92 Å². The van der Waals surface area contributed by atoms with Gasteiger partial charge in [-0.2, -0.15) is 0 Å². The maximum Gasteiger partial charge on any atom is 0.260 e. The lowest BCUT2D eigenvalue weighted by atomic mass is 9.99. The third-order valence-electron chi connectivity index (χ3n) is 9.71. The molecule has 18 heteroatoms. The van der Waals surface area contributed by atoms with E-state index in [-0.39, 0.29) is 78.0 Å². The number of fused-ring (bicyclic) bond motifs is 4. The highest BCUT2D eigenvalue weighted by atomic mass is 16.6. The van der Waals surface area contributed by atoms with Crippen LogP contribution in [-0.2, 0) is 28.4 Å². The van der Waals surface area contributed by atoms with Gasteiger partial charge in [0, 0.05) is 29.1 Å². The van der Waals surface area contributed by atoms with Gasteiger partial charge >= 0.3 is 0 Å². The van der Waals surface area contributed by atoms with Crippen molar-refractivity contribution in [2.75, 3.05) is 122 Å². The van der Waals surface area contributed by atoms with E-state index in [0.717, 1.165) is 0 Å². The minimum atomic E-state index is -0.743. The van der Waals surface area contributed by atoms with E-state index in [1.54, 1.807) is 55.5 Å². The number of hydrogen-bond donors (Lipinski definition) is 3. The predicted octanol–water partition coefficient (Wildman–Crippen LogP) is 4.64. The molecule has 7 rings (SSSR count). The van der Waals surface area contributed by atoms with Gasteiger partial charge in [-0.1, -0.05) is 6.07 Å². The van der Waals surface area contributed by atoms with Crippen molar-refractivity contribution >= 4 is 40.0 Å². The number of carbonyl (C=O) groups is 2. The van der Waals surface area contributed by atoms with Crippen molar-refractivity contribution in [3.63, 3.8) is 0 Å². The summed E-state index contributed by atoms with van der Waals surface area (Å²) in [6.45, 7) is 8.93. The van der Waals surface area contributed by atoms with Crippen LogP contribution in [0.25, 0.3) is 22.6 Å². The van der Waals surface area contributed by atoms with Crippen molar-refractivity contribution in [1.82, 2.24) is 4.98 Å². The fourth-order valence-corrected chi connectivity index (χ4v) is 6.56. The smallest absolute Gasteiger partial charge is 0.260 e. The van der Waals surface area contributed by atoms with Crippen LogP contribution >= 0.6 is 0 Å². The van der Waals surface area contributed by atoms with Crippen LogP contribution in [0, 0.1) is 13.8 Å². The topological polar surface area (TPSA) is 220 Å². The molecule has 62 heavy (non-hydrogen) atoms. The lowest BCUT2D eigenvalue weighted by Crippen LogP contribution is -2.24. The summed E-state index contributed by atoms with van der Waals surface area (Å²) in [5.41, 5.74) is 7.25. The van der Waals surface area contributed by atoms with Gasteiger partial charge in [-0.05, 0) is 49.7 Å². The van der Waals surface area contributed by atoms with Gasteiger partial charge in [0.05, 0.1) is 96.1 Å². The Kier molecular flexibility index (Phi) is 15.4. The van der Waals surface area contributed by atoms with E-state index >= 15 is 0 Å². The first kappa shape index (κ1) is 44.0. The average Bonchev–Trinajstić information content (AvgIpc) is 3.28. The molecular formula is C44H50N4O14. The molecule has 4 N–H and O–H groups in total. The highest BCUT2D eigenvalue weighted by Crippen LogP contribution is 2.37. The number of aromatic nitrogens is 1. The second kappa shape index (κ2) is 21.7. The van der Waals surface area contributed by atoms with Crippen LogP contribution in [0.2, 0.25) is 0 Å². The summed E-state index contributed by atoms with van der Waals surface area (Å²) >= 11 is 0. The molecule has 2 amide bonds. The van der Waals surface area contributed by atoms with E-state index in [1.807, 2.05) is 0 Å². The minimum Gasteiger partial charge on any atom is -0.487 e. The first-order chi connectivity index (χ1) is 30.3. The molecule has 0 saturated carbocycles. The average molecular weight is 859 g/mol. The normalized spacial score (nSPS) is 16.5. The van der Waals surface area contributed by atoms with Crippen LogP contribution < -0.4 is 40.7 Å². The van der Waals surface area contributed by atoms with Crippen LogP contribution in [0.4, 0.5) is 17.1 Å². The van der Waals surface area contributed by atoms with E-state index < -0.39 is 17.2 Å². The summed E-state index contributed by atoms with van der Waals surface area (Å²) in [6.07, 6.45) is 0. The molecular weight excluding hydrogens is 808 g/mol. The second-order valence-electron chi connectivity index (χ2n) is 14.0. The number of rotatable bonds is 4. The van der Waals surface area contributed by atoms with Crippen LogP contribution in [-0.4, -0.2) is 123 Å². The van der Waals surface area contributed by atoms with Crippen molar-refractivity contribution in [3.8, 4) is 34.5 Å². The highest BCUT2D eigenvalue weighted by molar-refractivity contribution is 6.14. The fraction of sp³-hybridized carbons (Fsp3) is 0.409. The fourth-order valence-electron chi connectivity index (χ4n) is 6.56. The zero-order valence-electron chi connectivity index (χ0n) is 34.7. The van der Waals surface area contributed by atoms with Gasteiger partial charge in [-0.3, -0.25) is 14.4 Å². The van der Waals surface area contributed by atoms with Crippen LogP contribution in [0.1, 0.15) is 31.8 Å². The number of nitrogens with one attached hydrogen (secondary N) is 2. The zero-order chi connectivity index (χ0) is 43.3. The van der Waals surface area contributed by atoms with Gasteiger partial charge in [-0.15, -0.1) is 0 Å². The molecule has 0 spiro atoms. The van der Waals surface area contributed by atoms with Crippen molar-refractivity contribution < 1.29 is 61.4 Å². The zero-order valence-corrected chi connectivity index (χ0v) is 34.7. The minimum absolute atomic E-state index is 0.00974. The van der Waals surface area contributed by atoms with Gasteiger partial charge < -0.3 is 68.2 Å². The third-order valence-corrected chi connectivity index (χ3v) is 9.71. The summed E-state index contributed by atoms with van der Waals surface area (Å²) < 4.78 is 63.4. The molecule has 0 unspecified atom stereocenters. The van der Waals surface area contributed by atoms with Crippen LogP contribution in [0.5, 0.6) is 23.0 Å².